The van der Waals surface area contributed by atoms with Crippen molar-refractivity contribution in [3.63, 3.8) is 0 Å². The van der Waals surface area contributed by atoms with E-state index >= 15 is 0 Å². The molecule has 104 valence electrons. The van der Waals surface area contributed by atoms with Crippen LogP contribution >= 0.6 is 0 Å². The molecule has 19 heavy (non-hydrogen) atoms. The van der Waals surface area contributed by atoms with Crippen LogP contribution < -0.4 is 5.73 Å². The first-order valence-corrected chi connectivity index (χ1v) is 6.93. The van der Waals surface area contributed by atoms with Gasteiger partial charge in [-0.2, -0.15) is 0 Å². The summed E-state index contributed by atoms with van der Waals surface area (Å²) in [5.74, 6) is -2.55. The van der Waals surface area contributed by atoms with Gasteiger partial charge in [-0.3, -0.25) is 4.90 Å². The summed E-state index contributed by atoms with van der Waals surface area (Å²) in [6.45, 7) is 1.78. The zero-order chi connectivity index (χ0) is 13.5. The summed E-state index contributed by atoms with van der Waals surface area (Å²) in [7, 11) is 0. The molecule has 1 atom stereocenters. The second-order valence-electron chi connectivity index (χ2n) is 6.06. The Bertz CT molecular complexity index is 439. The SMILES string of the molecule is NC1(C2CCCN2Cc2ccccc2)CC(F)(F)C1. The normalized spacial score (nSPS) is 29.1. The van der Waals surface area contributed by atoms with Crippen LogP contribution in [0.1, 0.15) is 31.2 Å². The van der Waals surface area contributed by atoms with Crippen LogP contribution in [0.5, 0.6) is 0 Å². The number of likely N-dealkylation sites (tertiary alicyclic amines) is 1. The number of nitrogens with two attached hydrogens (primary N) is 1. The lowest BCUT2D eigenvalue weighted by Crippen LogP contribution is -2.67. The molecule has 1 aromatic rings. The Kier molecular flexibility index (Phi) is 3.10. The van der Waals surface area contributed by atoms with E-state index in [0.29, 0.717) is 0 Å². The van der Waals surface area contributed by atoms with Crippen LogP contribution in [0.3, 0.4) is 0 Å². The maximum absolute atomic E-state index is 13.1. The van der Waals surface area contributed by atoms with Crippen molar-refractivity contribution in [1.29, 1.82) is 0 Å². The van der Waals surface area contributed by atoms with Gasteiger partial charge in [0.05, 0.1) is 0 Å². The van der Waals surface area contributed by atoms with E-state index < -0.39 is 11.5 Å². The fraction of sp³-hybridized carbons (Fsp3) is 0.600. The molecule has 0 spiro atoms. The number of hydrogen-bond acceptors (Lipinski definition) is 2. The Labute approximate surface area is 112 Å². The number of benzene rings is 1. The minimum absolute atomic E-state index is 0.104. The van der Waals surface area contributed by atoms with Gasteiger partial charge in [-0.15, -0.1) is 0 Å². The molecule has 0 amide bonds. The van der Waals surface area contributed by atoms with Gasteiger partial charge in [-0.05, 0) is 24.9 Å². The van der Waals surface area contributed by atoms with Gasteiger partial charge in [-0.25, -0.2) is 8.78 Å². The molecule has 1 saturated heterocycles. The second-order valence-corrected chi connectivity index (χ2v) is 6.06. The van der Waals surface area contributed by atoms with E-state index in [-0.39, 0.29) is 18.9 Å². The molecule has 0 radical (unpaired) electrons. The maximum atomic E-state index is 13.1. The Hall–Kier alpha value is -1.00. The van der Waals surface area contributed by atoms with E-state index in [1.54, 1.807) is 0 Å². The second kappa shape index (κ2) is 4.53. The number of nitrogens with zero attached hydrogens (tertiary/aromatic N) is 1. The highest BCUT2D eigenvalue weighted by molar-refractivity contribution is 5.17. The molecule has 1 unspecified atom stereocenters. The molecule has 1 aromatic carbocycles. The van der Waals surface area contributed by atoms with Crippen molar-refractivity contribution in [3.05, 3.63) is 35.9 Å². The highest BCUT2D eigenvalue weighted by atomic mass is 19.3. The zero-order valence-electron chi connectivity index (χ0n) is 11.0. The lowest BCUT2D eigenvalue weighted by molar-refractivity contribution is -0.141. The Morgan fingerprint density at radius 3 is 2.53 bits per heavy atom. The van der Waals surface area contributed by atoms with Crippen molar-refractivity contribution >= 4 is 0 Å². The zero-order valence-corrected chi connectivity index (χ0v) is 11.0. The van der Waals surface area contributed by atoms with Crippen molar-refractivity contribution in [2.24, 2.45) is 5.73 Å². The van der Waals surface area contributed by atoms with Crippen LogP contribution in [0.25, 0.3) is 0 Å². The third-order valence-corrected chi connectivity index (χ3v) is 4.43. The lowest BCUT2D eigenvalue weighted by Gasteiger charge is -2.50. The van der Waals surface area contributed by atoms with Crippen LogP contribution in [-0.4, -0.2) is 28.9 Å². The summed E-state index contributed by atoms with van der Waals surface area (Å²) in [4.78, 5) is 2.28. The first kappa shape index (κ1) is 13.0. The van der Waals surface area contributed by atoms with Crippen molar-refractivity contribution in [2.45, 2.75) is 49.7 Å². The average molecular weight is 266 g/mol. The van der Waals surface area contributed by atoms with Gasteiger partial charge in [0.15, 0.2) is 0 Å². The summed E-state index contributed by atoms with van der Waals surface area (Å²) in [6.07, 6.45) is 1.69. The highest BCUT2D eigenvalue weighted by Crippen LogP contribution is 2.49. The van der Waals surface area contributed by atoms with E-state index in [0.717, 1.165) is 25.9 Å². The van der Waals surface area contributed by atoms with E-state index in [9.17, 15) is 8.78 Å². The monoisotopic (exact) mass is 266 g/mol. The minimum Gasteiger partial charge on any atom is -0.323 e. The third-order valence-electron chi connectivity index (χ3n) is 4.43. The van der Waals surface area contributed by atoms with E-state index in [4.69, 9.17) is 5.73 Å². The topological polar surface area (TPSA) is 29.3 Å². The molecule has 2 fully saturated rings. The van der Waals surface area contributed by atoms with Gasteiger partial charge in [0.2, 0.25) is 0 Å². The summed E-state index contributed by atoms with van der Waals surface area (Å²) in [5.41, 5.74) is 6.75. The fourth-order valence-corrected chi connectivity index (χ4v) is 3.63. The average Bonchev–Trinajstić information content (AvgIpc) is 2.76. The van der Waals surface area contributed by atoms with Crippen LogP contribution in [0.15, 0.2) is 30.3 Å². The van der Waals surface area contributed by atoms with Crippen LogP contribution in [-0.2, 0) is 6.54 Å². The third kappa shape index (κ3) is 2.51. The smallest absolute Gasteiger partial charge is 0.251 e. The number of rotatable bonds is 3. The van der Waals surface area contributed by atoms with Gasteiger partial charge in [0.25, 0.3) is 5.92 Å². The predicted molar refractivity (Wildman–Crippen MR) is 71.0 cm³/mol. The van der Waals surface area contributed by atoms with E-state index in [1.807, 2.05) is 18.2 Å². The molecule has 4 heteroatoms. The fourth-order valence-electron chi connectivity index (χ4n) is 3.63. The van der Waals surface area contributed by atoms with Crippen molar-refractivity contribution < 1.29 is 8.78 Å². The van der Waals surface area contributed by atoms with Crippen molar-refractivity contribution in [1.82, 2.24) is 4.90 Å². The quantitative estimate of drug-likeness (QED) is 0.911. The van der Waals surface area contributed by atoms with Gasteiger partial charge in [0.1, 0.15) is 0 Å². The molecule has 0 bridgehead atoms. The molecule has 2 aliphatic rings. The summed E-state index contributed by atoms with van der Waals surface area (Å²) in [6, 6.07) is 10.3. The van der Waals surface area contributed by atoms with Gasteiger partial charge in [-0.1, -0.05) is 30.3 Å². The highest BCUT2D eigenvalue weighted by Gasteiger charge is 2.59. The van der Waals surface area contributed by atoms with E-state index in [1.165, 1.54) is 5.56 Å². The molecular formula is C15H20F2N2. The summed E-state index contributed by atoms with van der Waals surface area (Å²) in [5, 5.41) is 0. The Balaban J connectivity index is 1.69. The van der Waals surface area contributed by atoms with Gasteiger partial charge < -0.3 is 5.73 Å². The number of alkyl halides is 2. The van der Waals surface area contributed by atoms with Crippen LogP contribution in [0.2, 0.25) is 0 Å². The Morgan fingerprint density at radius 1 is 1.21 bits per heavy atom. The summed E-state index contributed by atoms with van der Waals surface area (Å²) < 4.78 is 26.3. The molecule has 2 N–H and O–H groups in total. The minimum atomic E-state index is -2.55. The van der Waals surface area contributed by atoms with Gasteiger partial charge in [0, 0.05) is 31.0 Å². The largest absolute Gasteiger partial charge is 0.323 e. The first-order valence-electron chi connectivity index (χ1n) is 6.93. The number of hydrogen-bond donors (Lipinski definition) is 1. The molecule has 3 rings (SSSR count). The molecule has 1 aliphatic carbocycles. The predicted octanol–water partition coefficient (Wildman–Crippen LogP) is 2.78. The van der Waals surface area contributed by atoms with Crippen LogP contribution in [0.4, 0.5) is 8.78 Å². The first-order chi connectivity index (χ1) is 8.99. The molecule has 1 saturated carbocycles. The van der Waals surface area contributed by atoms with Crippen molar-refractivity contribution in [2.75, 3.05) is 6.54 Å². The molecule has 0 aromatic heterocycles. The molecular weight excluding hydrogens is 246 g/mol. The van der Waals surface area contributed by atoms with Crippen LogP contribution in [0, 0.1) is 0 Å². The van der Waals surface area contributed by atoms with E-state index in [2.05, 4.69) is 17.0 Å². The summed E-state index contributed by atoms with van der Waals surface area (Å²) >= 11 is 0. The number of halogens is 2. The molecule has 1 heterocycles. The molecule has 1 aliphatic heterocycles. The maximum Gasteiger partial charge on any atom is 0.251 e. The van der Waals surface area contributed by atoms with Crippen molar-refractivity contribution in [3.8, 4) is 0 Å². The standard InChI is InChI=1S/C15H20F2N2/c16-15(17)10-14(18,11-15)13-7-4-8-19(13)9-12-5-2-1-3-6-12/h1-3,5-6,13H,4,7-11,18H2. The molecule has 2 nitrogen and oxygen atoms in total. The lowest BCUT2D eigenvalue weighted by atomic mass is 9.68. The Morgan fingerprint density at radius 2 is 1.89 bits per heavy atom. The van der Waals surface area contributed by atoms with Gasteiger partial charge >= 0.3 is 0 Å².